The second-order valence-corrected chi connectivity index (χ2v) is 4.90. The second-order valence-electron chi connectivity index (χ2n) is 3.92. The molecule has 0 aliphatic rings. The lowest BCUT2D eigenvalue weighted by molar-refractivity contribution is 0.0600. The summed E-state index contributed by atoms with van der Waals surface area (Å²) in [7, 11) is 3.50. The van der Waals surface area contributed by atoms with Crippen molar-refractivity contribution in [1.82, 2.24) is 4.90 Å². The molecule has 1 aromatic rings. The maximum absolute atomic E-state index is 11.3. The van der Waals surface area contributed by atoms with E-state index in [1.807, 2.05) is 36.0 Å². The normalized spacial score (nSPS) is 10.6. The molecule has 0 atom stereocenters. The van der Waals surface area contributed by atoms with E-state index in [1.54, 1.807) is 0 Å². The number of rotatable bonds is 6. The number of hydrogen-bond acceptors (Lipinski definition) is 4. The van der Waals surface area contributed by atoms with E-state index in [1.165, 1.54) is 12.7 Å². The Morgan fingerprint density at radius 3 is 2.53 bits per heavy atom. The topological polar surface area (TPSA) is 29.5 Å². The maximum atomic E-state index is 11.3. The van der Waals surface area contributed by atoms with Crippen LogP contribution in [0.1, 0.15) is 15.9 Å². The highest BCUT2D eigenvalue weighted by atomic mass is 32.2. The number of thioether (sulfide) groups is 1. The molecule has 4 heteroatoms. The van der Waals surface area contributed by atoms with E-state index in [0.717, 1.165) is 18.8 Å². The number of carbonyl (C=O) groups is 1. The summed E-state index contributed by atoms with van der Waals surface area (Å²) in [6.45, 7) is 1.97. The van der Waals surface area contributed by atoms with Crippen LogP contribution in [0.15, 0.2) is 24.3 Å². The quantitative estimate of drug-likeness (QED) is 0.727. The number of esters is 1. The number of nitrogens with zero attached hydrogens (tertiary/aromatic N) is 1. The zero-order valence-electron chi connectivity index (χ0n) is 10.6. The van der Waals surface area contributed by atoms with Crippen molar-refractivity contribution in [2.45, 2.75) is 6.54 Å². The van der Waals surface area contributed by atoms with E-state index in [0.29, 0.717) is 5.56 Å². The molecule has 0 saturated carbocycles. The predicted octanol–water partition coefficient (Wildman–Crippen LogP) is 2.27. The minimum atomic E-state index is -0.285. The van der Waals surface area contributed by atoms with Gasteiger partial charge in [0, 0.05) is 18.8 Å². The van der Waals surface area contributed by atoms with Crippen LogP contribution in [0.3, 0.4) is 0 Å². The van der Waals surface area contributed by atoms with Gasteiger partial charge in [-0.05, 0) is 31.0 Å². The lowest BCUT2D eigenvalue weighted by atomic mass is 10.1. The van der Waals surface area contributed by atoms with Crippen LogP contribution in [0.2, 0.25) is 0 Å². The van der Waals surface area contributed by atoms with Crippen molar-refractivity contribution < 1.29 is 9.53 Å². The number of carbonyl (C=O) groups excluding carboxylic acids is 1. The second kappa shape index (κ2) is 7.35. The lowest BCUT2D eigenvalue weighted by Crippen LogP contribution is -2.20. The Balaban J connectivity index is 2.53. The van der Waals surface area contributed by atoms with Gasteiger partial charge in [-0.3, -0.25) is 0 Å². The Kier molecular flexibility index (Phi) is 6.08. The third-order valence-electron chi connectivity index (χ3n) is 2.50. The van der Waals surface area contributed by atoms with Crippen molar-refractivity contribution in [2.24, 2.45) is 0 Å². The molecule has 1 aromatic carbocycles. The summed E-state index contributed by atoms with van der Waals surface area (Å²) in [6.07, 6.45) is 2.11. The summed E-state index contributed by atoms with van der Waals surface area (Å²) >= 11 is 1.85. The van der Waals surface area contributed by atoms with Gasteiger partial charge in [-0.1, -0.05) is 12.1 Å². The zero-order chi connectivity index (χ0) is 12.7. The summed E-state index contributed by atoms with van der Waals surface area (Å²) in [5, 5.41) is 0. The summed E-state index contributed by atoms with van der Waals surface area (Å²) in [5.41, 5.74) is 1.81. The third-order valence-corrected chi connectivity index (χ3v) is 3.10. The van der Waals surface area contributed by atoms with Gasteiger partial charge in [-0.15, -0.1) is 0 Å². The molecule has 0 saturated heterocycles. The van der Waals surface area contributed by atoms with Gasteiger partial charge in [0.2, 0.25) is 0 Å². The molecule has 0 aromatic heterocycles. The molecular weight excluding hydrogens is 234 g/mol. The number of benzene rings is 1. The minimum absolute atomic E-state index is 0.285. The van der Waals surface area contributed by atoms with Crippen molar-refractivity contribution in [3.8, 4) is 0 Å². The Morgan fingerprint density at radius 2 is 2.00 bits per heavy atom. The van der Waals surface area contributed by atoms with Crippen LogP contribution < -0.4 is 0 Å². The summed E-state index contributed by atoms with van der Waals surface area (Å²) in [6, 6.07) is 7.57. The monoisotopic (exact) mass is 253 g/mol. The smallest absolute Gasteiger partial charge is 0.337 e. The van der Waals surface area contributed by atoms with Gasteiger partial charge < -0.3 is 9.64 Å². The minimum Gasteiger partial charge on any atom is -0.465 e. The maximum Gasteiger partial charge on any atom is 0.337 e. The fourth-order valence-corrected chi connectivity index (χ4v) is 2.00. The molecule has 17 heavy (non-hydrogen) atoms. The molecular formula is C13H19NO2S. The number of methoxy groups -OCH3 is 1. The molecule has 0 aliphatic carbocycles. The first kappa shape index (κ1) is 14.1. The van der Waals surface area contributed by atoms with Gasteiger partial charge in [0.05, 0.1) is 12.7 Å². The molecule has 0 amide bonds. The fourth-order valence-electron chi connectivity index (χ4n) is 1.50. The summed E-state index contributed by atoms with van der Waals surface area (Å²) < 4.78 is 4.66. The molecule has 1 rings (SSSR count). The standard InChI is InChI=1S/C13H19NO2S/c1-14(8-9-17-3)10-11-4-6-12(7-5-11)13(15)16-2/h4-7H,8-10H2,1-3H3. The van der Waals surface area contributed by atoms with Crippen LogP contribution in [-0.2, 0) is 11.3 Å². The number of ether oxygens (including phenoxy) is 1. The van der Waals surface area contributed by atoms with E-state index in [9.17, 15) is 4.79 Å². The fraction of sp³-hybridized carbons (Fsp3) is 0.462. The van der Waals surface area contributed by atoms with Gasteiger partial charge in [-0.25, -0.2) is 4.79 Å². The summed E-state index contributed by atoms with van der Waals surface area (Å²) in [5.74, 6) is 0.851. The van der Waals surface area contributed by atoms with Crippen LogP contribution in [0.25, 0.3) is 0 Å². The van der Waals surface area contributed by atoms with E-state index >= 15 is 0 Å². The molecule has 0 radical (unpaired) electrons. The van der Waals surface area contributed by atoms with Crippen LogP contribution >= 0.6 is 11.8 Å². The van der Waals surface area contributed by atoms with Crippen molar-refractivity contribution in [1.29, 1.82) is 0 Å². The van der Waals surface area contributed by atoms with Crippen molar-refractivity contribution >= 4 is 17.7 Å². The van der Waals surface area contributed by atoms with Gasteiger partial charge in [0.25, 0.3) is 0 Å². The average Bonchev–Trinajstić information content (AvgIpc) is 2.36. The van der Waals surface area contributed by atoms with Crippen LogP contribution in [0, 0.1) is 0 Å². The lowest BCUT2D eigenvalue weighted by Gasteiger charge is -2.15. The largest absolute Gasteiger partial charge is 0.465 e. The highest BCUT2D eigenvalue weighted by Gasteiger charge is 2.05. The molecule has 0 bridgehead atoms. The molecule has 3 nitrogen and oxygen atoms in total. The van der Waals surface area contributed by atoms with Gasteiger partial charge in [0.1, 0.15) is 0 Å². The zero-order valence-corrected chi connectivity index (χ0v) is 11.4. The Bertz CT molecular complexity index is 351. The Morgan fingerprint density at radius 1 is 1.35 bits per heavy atom. The molecule has 0 unspecified atom stereocenters. The molecule has 94 valence electrons. The van der Waals surface area contributed by atoms with E-state index in [2.05, 4.69) is 22.9 Å². The first-order valence-electron chi connectivity index (χ1n) is 5.52. The van der Waals surface area contributed by atoms with Gasteiger partial charge >= 0.3 is 5.97 Å². The molecule has 0 heterocycles. The first-order chi connectivity index (χ1) is 8.17. The average molecular weight is 253 g/mol. The van der Waals surface area contributed by atoms with Crippen LogP contribution in [-0.4, -0.2) is 43.6 Å². The SMILES string of the molecule is COC(=O)c1ccc(CN(C)CCSC)cc1. The molecule has 0 fully saturated rings. The van der Waals surface area contributed by atoms with Crippen molar-refractivity contribution in [3.63, 3.8) is 0 Å². The van der Waals surface area contributed by atoms with Gasteiger partial charge in [-0.2, -0.15) is 11.8 Å². The third kappa shape index (κ3) is 4.79. The highest BCUT2D eigenvalue weighted by Crippen LogP contribution is 2.08. The van der Waals surface area contributed by atoms with E-state index in [4.69, 9.17) is 0 Å². The number of hydrogen-bond donors (Lipinski definition) is 0. The van der Waals surface area contributed by atoms with Crippen molar-refractivity contribution in [2.75, 3.05) is 32.7 Å². The molecule has 0 spiro atoms. The highest BCUT2D eigenvalue weighted by molar-refractivity contribution is 7.98. The van der Waals surface area contributed by atoms with Crippen LogP contribution in [0.4, 0.5) is 0 Å². The van der Waals surface area contributed by atoms with Gasteiger partial charge in [0.15, 0.2) is 0 Å². The summed E-state index contributed by atoms with van der Waals surface area (Å²) in [4.78, 5) is 13.5. The molecule has 0 N–H and O–H groups in total. The van der Waals surface area contributed by atoms with Crippen LogP contribution in [0.5, 0.6) is 0 Å². The predicted molar refractivity (Wildman–Crippen MR) is 72.5 cm³/mol. The van der Waals surface area contributed by atoms with E-state index in [-0.39, 0.29) is 5.97 Å². The van der Waals surface area contributed by atoms with Crippen molar-refractivity contribution in [3.05, 3.63) is 35.4 Å². The molecule has 0 aliphatic heterocycles. The van der Waals surface area contributed by atoms with E-state index < -0.39 is 0 Å². The Hall–Kier alpha value is -1.00. The first-order valence-corrected chi connectivity index (χ1v) is 6.91. The Labute approximate surface area is 107 Å².